The lowest BCUT2D eigenvalue weighted by Crippen LogP contribution is -2.27. The second-order valence-electron chi connectivity index (χ2n) is 7.88. The topological polar surface area (TPSA) is 3.24 Å². The first-order valence-corrected chi connectivity index (χ1v) is 11.9. The highest BCUT2D eigenvalue weighted by atomic mass is 15.1. The van der Waals surface area contributed by atoms with Crippen LogP contribution in [0.3, 0.4) is 0 Å². The number of hydrogen-bond donors (Lipinski definition) is 0. The highest BCUT2D eigenvalue weighted by Crippen LogP contribution is 2.13. The van der Waals surface area contributed by atoms with E-state index in [0.29, 0.717) is 6.04 Å². The van der Waals surface area contributed by atoms with Crippen molar-refractivity contribution in [3.8, 4) is 0 Å². The monoisotopic (exact) mass is 355 g/mol. The minimum Gasteiger partial charge on any atom is -0.304 e. The van der Waals surface area contributed by atoms with E-state index in [1.165, 1.54) is 109 Å². The van der Waals surface area contributed by atoms with E-state index in [9.17, 15) is 0 Å². The molecule has 0 bridgehead atoms. The summed E-state index contributed by atoms with van der Waals surface area (Å²) in [5.41, 5.74) is 0. The molecule has 0 aromatic rings. The van der Waals surface area contributed by atoms with Gasteiger partial charge in [-0.25, -0.2) is 0 Å². The predicted octanol–water partition coefficient (Wildman–Crippen LogP) is 8.61. The van der Waals surface area contributed by atoms with Crippen molar-refractivity contribution in [2.75, 3.05) is 13.6 Å². The zero-order chi connectivity index (χ0) is 19.2. The molecule has 154 valence electrons. The van der Waals surface area contributed by atoms with Crippen LogP contribution in [0, 0.1) is 0 Å². The van der Waals surface area contributed by atoms with Crippen LogP contribution in [0.4, 0.5) is 0 Å². The molecule has 0 unspecified atom stereocenters. The summed E-state index contributed by atoms with van der Waals surface area (Å²) in [7, 11) is 2.25. The molecule has 25 heavy (non-hydrogen) atoms. The van der Waals surface area contributed by atoms with E-state index >= 15 is 0 Å². The SMILES string of the molecule is CC.CCCCCCCCCCCCCCCCCCN(C)C(C)C. The molecule has 0 fully saturated rings. The van der Waals surface area contributed by atoms with Crippen LogP contribution in [-0.4, -0.2) is 24.5 Å². The van der Waals surface area contributed by atoms with Crippen LogP contribution < -0.4 is 0 Å². The number of nitrogens with zero attached hydrogens (tertiary/aromatic N) is 1. The van der Waals surface area contributed by atoms with Crippen LogP contribution in [0.5, 0.6) is 0 Å². The van der Waals surface area contributed by atoms with E-state index < -0.39 is 0 Å². The Balaban J connectivity index is 0. The molecule has 0 aromatic carbocycles. The molecule has 0 heterocycles. The fourth-order valence-corrected chi connectivity index (χ4v) is 3.17. The fraction of sp³-hybridized carbons (Fsp3) is 1.00. The molecule has 0 aliphatic carbocycles. The lowest BCUT2D eigenvalue weighted by atomic mass is 10.0. The van der Waals surface area contributed by atoms with E-state index in [0.717, 1.165) is 0 Å². The second kappa shape index (κ2) is 24.0. The van der Waals surface area contributed by atoms with Gasteiger partial charge in [0.25, 0.3) is 0 Å². The average molecular weight is 356 g/mol. The van der Waals surface area contributed by atoms with Crippen molar-refractivity contribution in [1.82, 2.24) is 4.90 Å². The normalized spacial score (nSPS) is 11.0. The molecule has 1 nitrogen and oxygen atoms in total. The van der Waals surface area contributed by atoms with Gasteiger partial charge in [-0.05, 0) is 33.9 Å². The van der Waals surface area contributed by atoms with E-state index in [2.05, 4.69) is 32.7 Å². The van der Waals surface area contributed by atoms with Gasteiger partial charge in [0, 0.05) is 6.04 Å². The lowest BCUT2D eigenvalue weighted by Gasteiger charge is -2.20. The van der Waals surface area contributed by atoms with Crippen molar-refractivity contribution in [2.45, 2.75) is 143 Å². The number of unbranched alkanes of at least 4 members (excludes halogenated alkanes) is 15. The molecular weight excluding hydrogens is 302 g/mol. The Morgan fingerprint density at radius 1 is 0.520 bits per heavy atom. The molecule has 0 radical (unpaired) electrons. The third-order valence-corrected chi connectivity index (χ3v) is 5.25. The van der Waals surface area contributed by atoms with Crippen LogP contribution in [0.15, 0.2) is 0 Å². The third kappa shape index (κ3) is 24.0. The van der Waals surface area contributed by atoms with Crippen LogP contribution in [0.25, 0.3) is 0 Å². The van der Waals surface area contributed by atoms with Crippen molar-refractivity contribution in [1.29, 1.82) is 0 Å². The van der Waals surface area contributed by atoms with Crippen molar-refractivity contribution >= 4 is 0 Å². The van der Waals surface area contributed by atoms with E-state index in [-0.39, 0.29) is 0 Å². The molecule has 0 N–H and O–H groups in total. The average Bonchev–Trinajstić information content (AvgIpc) is 2.62. The molecular formula is C24H53N. The first-order valence-electron chi connectivity index (χ1n) is 11.9. The smallest absolute Gasteiger partial charge is 0.00355 e. The summed E-state index contributed by atoms with van der Waals surface area (Å²) in [6.45, 7) is 12.1. The molecule has 0 saturated heterocycles. The van der Waals surface area contributed by atoms with Gasteiger partial charge in [-0.15, -0.1) is 0 Å². The van der Waals surface area contributed by atoms with Crippen molar-refractivity contribution < 1.29 is 0 Å². The highest BCUT2D eigenvalue weighted by Gasteiger charge is 2.01. The predicted molar refractivity (Wildman–Crippen MR) is 119 cm³/mol. The van der Waals surface area contributed by atoms with Gasteiger partial charge in [-0.2, -0.15) is 0 Å². The lowest BCUT2D eigenvalue weighted by molar-refractivity contribution is 0.267. The summed E-state index contributed by atoms with van der Waals surface area (Å²) in [6.07, 6.45) is 23.3. The van der Waals surface area contributed by atoms with E-state index in [1.807, 2.05) is 13.8 Å². The zero-order valence-electron chi connectivity index (χ0n) is 19.0. The highest BCUT2D eigenvalue weighted by molar-refractivity contribution is 4.57. The molecule has 0 atom stereocenters. The largest absolute Gasteiger partial charge is 0.304 e. The Hall–Kier alpha value is -0.0400. The first-order chi connectivity index (χ1) is 12.2. The molecule has 0 spiro atoms. The van der Waals surface area contributed by atoms with Gasteiger partial charge in [0.15, 0.2) is 0 Å². The Morgan fingerprint density at radius 3 is 1.08 bits per heavy atom. The van der Waals surface area contributed by atoms with Gasteiger partial charge >= 0.3 is 0 Å². The Kier molecular flexibility index (Phi) is 26.1. The van der Waals surface area contributed by atoms with E-state index in [1.54, 1.807) is 0 Å². The first kappa shape index (κ1) is 27.2. The Morgan fingerprint density at radius 2 is 0.800 bits per heavy atom. The van der Waals surface area contributed by atoms with Crippen LogP contribution in [-0.2, 0) is 0 Å². The standard InChI is InChI=1S/C22H47N.C2H6/c1-5-6-7-8-9-10-11-12-13-14-15-16-17-18-19-20-21-23(4)22(2)3;1-2/h22H,5-21H2,1-4H3;1-2H3. The van der Waals surface area contributed by atoms with Gasteiger partial charge in [0.2, 0.25) is 0 Å². The van der Waals surface area contributed by atoms with Gasteiger partial charge in [0.1, 0.15) is 0 Å². The zero-order valence-corrected chi connectivity index (χ0v) is 19.0. The maximum absolute atomic E-state index is 2.46. The maximum atomic E-state index is 2.46. The quantitative estimate of drug-likeness (QED) is 0.222. The number of hydrogen-bond acceptors (Lipinski definition) is 1. The van der Waals surface area contributed by atoms with E-state index in [4.69, 9.17) is 0 Å². The summed E-state index contributed by atoms with van der Waals surface area (Å²) in [4.78, 5) is 2.46. The third-order valence-electron chi connectivity index (χ3n) is 5.25. The minimum absolute atomic E-state index is 0.700. The molecule has 0 saturated carbocycles. The maximum Gasteiger partial charge on any atom is 0.00355 e. The van der Waals surface area contributed by atoms with Crippen LogP contribution in [0.2, 0.25) is 0 Å². The van der Waals surface area contributed by atoms with Crippen molar-refractivity contribution in [3.63, 3.8) is 0 Å². The van der Waals surface area contributed by atoms with Crippen LogP contribution in [0.1, 0.15) is 137 Å². The Labute approximate surface area is 162 Å². The van der Waals surface area contributed by atoms with Crippen molar-refractivity contribution in [3.05, 3.63) is 0 Å². The minimum atomic E-state index is 0.700. The molecule has 0 rings (SSSR count). The summed E-state index contributed by atoms with van der Waals surface area (Å²) in [5, 5.41) is 0. The molecule has 0 aliphatic rings. The summed E-state index contributed by atoms with van der Waals surface area (Å²) in [6, 6.07) is 0.700. The van der Waals surface area contributed by atoms with Gasteiger partial charge in [-0.1, -0.05) is 117 Å². The second-order valence-corrected chi connectivity index (χ2v) is 7.88. The van der Waals surface area contributed by atoms with Gasteiger partial charge < -0.3 is 4.90 Å². The van der Waals surface area contributed by atoms with Gasteiger partial charge in [0.05, 0.1) is 0 Å². The summed E-state index contributed by atoms with van der Waals surface area (Å²) in [5.74, 6) is 0. The van der Waals surface area contributed by atoms with Gasteiger partial charge in [-0.3, -0.25) is 0 Å². The molecule has 0 amide bonds. The molecule has 0 aromatic heterocycles. The fourth-order valence-electron chi connectivity index (χ4n) is 3.17. The van der Waals surface area contributed by atoms with Crippen molar-refractivity contribution in [2.24, 2.45) is 0 Å². The Bertz CT molecular complexity index is 212. The summed E-state index contributed by atoms with van der Waals surface area (Å²) < 4.78 is 0. The molecule has 1 heteroatoms. The summed E-state index contributed by atoms with van der Waals surface area (Å²) >= 11 is 0. The number of rotatable bonds is 18. The van der Waals surface area contributed by atoms with Crippen LogP contribution >= 0.6 is 0 Å². The molecule has 0 aliphatic heterocycles.